The van der Waals surface area contributed by atoms with E-state index in [1.807, 2.05) is 0 Å². The Bertz CT molecular complexity index is 70.6. The van der Waals surface area contributed by atoms with Crippen molar-refractivity contribution < 1.29 is 20.5 Å². The number of rotatable bonds is 0. The first-order valence-electron chi connectivity index (χ1n) is 0.908. The van der Waals surface area contributed by atoms with Crippen molar-refractivity contribution in [3.8, 4) is 0 Å². The summed E-state index contributed by atoms with van der Waals surface area (Å²) in [6.45, 7) is 0. The minimum Gasteiger partial charge on any atom is -0.412 e. The molecule has 0 saturated heterocycles. The van der Waals surface area contributed by atoms with E-state index in [1.54, 1.807) is 0 Å². The summed E-state index contributed by atoms with van der Waals surface area (Å²) in [4.78, 5) is 16.7. The first kappa shape index (κ1) is 44.8. The Kier molecular flexibility index (Phi) is 1480. The quantitative estimate of drug-likeness (QED) is 0.214. The first-order chi connectivity index (χ1) is 2.83. The molecule has 0 aliphatic rings. The van der Waals surface area contributed by atoms with Crippen LogP contribution in [-0.2, 0) is 9.59 Å². The predicted octanol–water partition coefficient (Wildman–Crippen LogP) is -3.30. The summed E-state index contributed by atoms with van der Waals surface area (Å²) >= 11 is 0. The molecule has 9 heavy (non-hydrogen) atoms. The molecule has 0 aliphatic carbocycles. The molecule has 0 aromatic heterocycles. The smallest absolute Gasteiger partial charge is 0.231 e. The van der Waals surface area contributed by atoms with Gasteiger partial charge in [0, 0.05) is 0 Å². The topological polar surface area (TPSA) is 145 Å². The summed E-state index contributed by atoms with van der Waals surface area (Å²) in [6.07, 6.45) is 1.50. The van der Waals surface area contributed by atoms with Crippen molar-refractivity contribution in [2.24, 2.45) is 0 Å². The number of hydrogen-bond acceptors (Lipinski definition) is 4. The van der Waals surface area contributed by atoms with E-state index in [0.717, 1.165) is 12.2 Å². The van der Waals surface area contributed by atoms with Crippen LogP contribution in [0.1, 0.15) is 0 Å². The van der Waals surface area contributed by atoms with Crippen LogP contribution in [-0.4, -0.2) is 34.1 Å². The fourth-order valence-electron chi connectivity index (χ4n) is 0. The second kappa shape index (κ2) is 298. The summed E-state index contributed by atoms with van der Waals surface area (Å²) < 4.78 is 0. The average Bonchev–Trinajstić information content (AvgIpc) is 1.39. The summed E-state index contributed by atoms with van der Waals surface area (Å²) in [5, 5.41) is 10.8. The molecule has 6 N–H and O–H groups in total. The van der Waals surface area contributed by atoms with E-state index < -0.39 is 0 Å². The molecule has 0 atom stereocenters. The Labute approximate surface area is 55.5 Å². The second-order valence-electron chi connectivity index (χ2n) is 0.204. The van der Waals surface area contributed by atoms with E-state index in [2.05, 4.69) is 0 Å². The highest BCUT2D eigenvalue weighted by Crippen LogP contribution is 0.871. The van der Waals surface area contributed by atoms with Crippen molar-refractivity contribution >= 4 is 23.1 Å². The standard InChI is InChI=1S/2CHNO.2H2O.H4Si/c2*2-1-3;;;/h2*2H;2*1H2;1H4. The molecule has 0 radical (unpaired) electrons. The molecule has 0 saturated carbocycles. The van der Waals surface area contributed by atoms with E-state index in [1.165, 1.54) is 0 Å². The highest BCUT2D eigenvalue weighted by Gasteiger charge is 1.04. The number of hydrogen-bond donors (Lipinski definition) is 2. The largest absolute Gasteiger partial charge is 0.412 e. The third-order valence-electron chi connectivity index (χ3n) is 0. The molecule has 7 heteroatoms. The van der Waals surface area contributed by atoms with Crippen molar-refractivity contribution in [3.63, 3.8) is 0 Å². The van der Waals surface area contributed by atoms with Gasteiger partial charge in [-0.05, 0) is 11.0 Å². The Balaban J connectivity index is -0.00000000889. The molecule has 6 nitrogen and oxygen atoms in total. The number of carbonyl (C=O) groups excluding carboxylic acids is 2. The molecular formula is C2H10N2O4Si. The molecule has 0 heterocycles. The Morgan fingerprint density at radius 1 is 0.889 bits per heavy atom. The normalized spacial score (nSPS) is 1.78. The zero-order valence-corrected chi connectivity index (χ0v) is 3.82. The van der Waals surface area contributed by atoms with Crippen LogP contribution in [0.5, 0.6) is 0 Å². The molecule has 0 unspecified atom stereocenters. The van der Waals surface area contributed by atoms with Crippen LogP contribution in [0.4, 0.5) is 0 Å². The molecule has 0 aromatic carbocycles. The molecular weight excluding hydrogens is 144 g/mol. The summed E-state index contributed by atoms with van der Waals surface area (Å²) in [5.74, 6) is 0. The van der Waals surface area contributed by atoms with E-state index >= 15 is 0 Å². The highest BCUT2D eigenvalue weighted by molar-refractivity contribution is 5.75. The maximum atomic E-state index is 8.35. The Hall–Kier alpha value is -1.10. The third-order valence-corrected chi connectivity index (χ3v) is 0. The maximum Gasteiger partial charge on any atom is 0.231 e. The van der Waals surface area contributed by atoms with Crippen molar-refractivity contribution in [1.29, 1.82) is 10.8 Å². The van der Waals surface area contributed by atoms with Crippen LogP contribution in [0.15, 0.2) is 0 Å². The fourth-order valence-corrected chi connectivity index (χ4v) is 0. The van der Waals surface area contributed by atoms with E-state index in [-0.39, 0.29) is 21.9 Å². The summed E-state index contributed by atoms with van der Waals surface area (Å²) in [5.41, 5.74) is 0. The van der Waals surface area contributed by atoms with Crippen molar-refractivity contribution in [2.75, 3.05) is 0 Å². The second-order valence-corrected chi connectivity index (χ2v) is 0.204. The van der Waals surface area contributed by atoms with Gasteiger partial charge in [0.25, 0.3) is 0 Å². The zero-order valence-electron chi connectivity index (χ0n) is 3.82. The number of isocyanates is 2. The van der Waals surface area contributed by atoms with Gasteiger partial charge in [0.05, 0.1) is 0 Å². The van der Waals surface area contributed by atoms with Gasteiger partial charge < -0.3 is 11.0 Å². The van der Waals surface area contributed by atoms with Crippen LogP contribution >= 0.6 is 0 Å². The van der Waals surface area contributed by atoms with Gasteiger partial charge in [0.2, 0.25) is 12.2 Å². The Morgan fingerprint density at radius 2 is 0.889 bits per heavy atom. The van der Waals surface area contributed by atoms with E-state index in [4.69, 9.17) is 20.4 Å². The molecule has 0 aliphatic heterocycles. The third kappa shape index (κ3) is 136. The maximum absolute atomic E-state index is 8.35. The summed E-state index contributed by atoms with van der Waals surface area (Å²) in [7, 11) is 0. The molecule has 0 rings (SSSR count). The highest BCUT2D eigenvalue weighted by atomic mass is 28.1. The molecule has 0 spiro atoms. The van der Waals surface area contributed by atoms with Crippen LogP contribution in [0, 0.1) is 10.8 Å². The minimum atomic E-state index is 0. The van der Waals surface area contributed by atoms with E-state index in [9.17, 15) is 0 Å². The van der Waals surface area contributed by atoms with Crippen LogP contribution in [0.2, 0.25) is 0 Å². The first-order valence-corrected chi connectivity index (χ1v) is 0.908. The lowest BCUT2D eigenvalue weighted by Gasteiger charge is -1.02. The van der Waals surface area contributed by atoms with E-state index in [0.29, 0.717) is 0 Å². The minimum absolute atomic E-state index is 0. The lowest BCUT2D eigenvalue weighted by Crippen LogP contribution is -1.16. The molecule has 0 bridgehead atoms. The van der Waals surface area contributed by atoms with Crippen molar-refractivity contribution in [2.45, 2.75) is 0 Å². The van der Waals surface area contributed by atoms with Gasteiger partial charge in [-0.2, -0.15) is 0 Å². The molecule has 56 valence electrons. The van der Waals surface area contributed by atoms with Crippen LogP contribution in [0.25, 0.3) is 0 Å². The predicted molar refractivity (Wildman–Crippen MR) is 35.4 cm³/mol. The van der Waals surface area contributed by atoms with Crippen molar-refractivity contribution in [1.82, 2.24) is 0 Å². The van der Waals surface area contributed by atoms with Gasteiger partial charge in [-0.3, -0.25) is 0 Å². The van der Waals surface area contributed by atoms with Crippen molar-refractivity contribution in [3.05, 3.63) is 0 Å². The van der Waals surface area contributed by atoms with Crippen LogP contribution in [0.3, 0.4) is 0 Å². The lowest BCUT2D eigenvalue weighted by molar-refractivity contribution is 0.562. The monoisotopic (exact) mass is 154 g/mol. The molecule has 0 aromatic rings. The lowest BCUT2D eigenvalue weighted by atomic mass is 11.7. The van der Waals surface area contributed by atoms with Gasteiger partial charge in [-0.15, -0.1) is 0 Å². The summed E-state index contributed by atoms with van der Waals surface area (Å²) in [6, 6.07) is 0. The van der Waals surface area contributed by atoms with Gasteiger partial charge >= 0.3 is 0 Å². The Morgan fingerprint density at radius 3 is 0.889 bits per heavy atom. The molecule has 0 fully saturated rings. The van der Waals surface area contributed by atoms with Gasteiger partial charge in [-0.1, -0.05) is 0 Å². The van der Waals surface area contributed by atoms with Gasteiger partial charge in [0.15, 0.2) is 0 Å². The van der Waals surface area contributed by atoms with Crippen LogP contribution < -0.4 is 0 Å². The zero-order chi connectivity index (χ0) is 5.41. The average molecular weight is 154 g/mol. The van der Waals surface area contributed by atoms with Gasteiger partial charge in [0.1, 0.15) is 0 Å². The SMILES string of the molecule is N=C=O.N=C=O.O.O.[SiH4]. The fraction of sp³-hybridized carbons (Fsp3) is 0. The number of nitrogens with one attached hydrogen (secondary N) is 2. The molecule has 0 amide bonds. The van der Waals surface area contributed by atoms with Gasteiger partial charge in [-0.25, -0.2) is 20.4 Å².